The molecule has 4 rings (SSSR count). The zero-order valence-electron chi connectivity index (χ0n) is 14.7. The van der Waals surface area contributed by atoms with Crippen LogP contribution in [0.15, 0.2) is 57.7 Å². The van der Waals surface area contributed by atoms with Crippen LogP contribution < -0.4 is 10.2 Å². The minimum absolute atomic E-state index is 0.0634. The van der Waals surface area contributed by atoms with Gasteiger partial charge in [0, 0.05) is 10.6 Å². The van der Waals surface area contributed by atoms with E-state index in [1.54, 1.807) is 12.1 Å². The summed E-state index contributed by atoms with van der Waals surface area (Å²) in [7, 11) is 0. The van der Waals surface area contributed by atoms with E-state index < -0.39 is 0 Å². The molecule has 0 spiro atoms. The minimum atomic E-state index is -0.387. The lowest BCUT2D eigenvalue weighted by Gasteiger charge is -2.20. The molecule has 0 radical (unpaired) electrons. The van der Waals surface area contributed by atoms with Crippen LogP contribution in [0.2, 0.25) is 5.02 Å². The van der Waals surface area contributed by atoms with E-state index in [1.165, 1.54) is 6.07 Å². The van der Waals surface area contributed by atoms with Crippen molar-refractivity contribution in [2.75, 3.05) is 0 Å². The average Bonchev–Trinajstić information content (AvgIpc) is 2.71. The van der Waals surface area contributed by atoms with Crippen molar-refractivity contribution in [1.29, 1.82) is 0 Å². The van der Waals surface area contributed by atoms with Gasteiger partial charge in [0.2, 0.25) is 11.2 Å². The van der Waals surface area contributed by atoms with E-state index in [0.29, 0.717) is 21.6 Å². The molecule has 4 nitrogen and oxygen atoms in total. The topological polar surface area (TPSA) is 56.5 Å². The van der Waals surface area contributed by atoms with Gasteiger partial charge in [-0.3, -0.25) is 9.59 Å². The Balaban J connectivity index is 1.84. The van der Waals surface area contributed by atoms with Crippen LogP contribution >= 0.6 is 11.6 Å². The minimum Gasteiger partial charge on any atom is -0.452 e. The maximum absolute atomic E-state index is 13.1. The molecule has 0 unspecified atom stereocenters. The second-order valence-corrected chi connectivity index (χ2v) is 7.29. The number of fused-ring (bicyclic) bond motifs is 1. The van der Waals surface area contributed by atoms with Crippen LogP contribution in [0.3, 0.4) is 0 Å². The van der Waals surface area contributed by atoms with Gasteiger partial charge in [0.15, 0.2) is 5.76 Å². The van der Waals surface area contributed by atoms with Gasteiger partial charge < -0.3 is 9.15 Å². The maximum atomic E-state index is 13.1. The van der Waals surface area contributed by atoms with E-state index in [1.807, 2.05) is 30.3 Å². The molecule has 0 saturated heterocycles. The highest BCUT2D eigenvalue weighted by atomic mass is 35.5. The zero-order chi connectivity index (χ0) is 18.8. The highest BCUT2D eigenvalue weighted by molar-refractivity contribution is 6.31. The monoisotopic (exact) mass is 382 g/mol. The third-order valence-electron chi connectivity index (χ3n) is 4.99. The first-order valence-electron chi connectivity index (χ1n) is 9.17. The van der Waals surface area contributed by atoms with Crippen LogP contribution in [0.25, 0.3) is 22.3 Å². The largest absolute Gasteiger partial charge is 0.452 e. The summed E-state index contributed by atoms with van der Waals surface area (Å²) < 4.78 is 11.6. The van der Waals surface area contributed by atoms with Crippen molar-refractivity contribution in [3.05, 3.63) is 63.8 Å². The number of ether oxygens (including phenoxy) is 1. The quantitative estimate of drug-likeness (QED) is 0.553. The highest BCUT2D eigenvalue weighted by Crippen LogP contribution is 2.33. The number of carbonyl (C=O) groups excluding carboxylic acids is 1. The van der Waals surface area contributed by atoms with Crippen molar-refractivity contribution in [2.24, 2.45) is 5.92 Å². The SMILES string of the molecule is O=C(Oc1c(-c2ccccc2)oc2ccc(Cl)cc2c1=O)C1CCCCC1. The Morgan fingerprint density at radius 2 is 1.78 bits per heavy atom. The molecule has 1 aromatic heterocycles. The van der Waals surface area contributed by atoms with Gasteiger partial charge in [-0.25, -0.2) is 0 Å². The molecule has 3 aromatic rings. The van der Waals surface area contributed by atoms with Crippen LogP contribution in [0.1, 0.15) is 32.1 Å². The van der Waals surface area contributed by atoms with E-state index in [9.17, 15) is 9.59 Å². The summed E-state index contributed by atoms with van der Waals surface area (Å²) in [5, 5.41) is 0.723. The molecule has 138 valence electrons. The molecule has 1 aliphatic rings. The van der Waals surface area contributed by atoms with Crippen molar-refractivity contribution < 1.29 is 13.9 Å². The molecule has 1 aliphatic carbocycles. The van der Waals surface area contributed by atoms with E-state index >= 15 is 0 Å². The molecule has 27 heavy (non-hydrogen) atoms. The zero-order valence-corrected chi connectivity index (χ0v) is 15.5. The normalized spacial score (nSPS) is 15.0. The third kappa shape index (κ3) is 3.62. The van der Waals surface area contributed by atoms with Gasteiger partial charge in [-0.05, 0) is 31.0 Å². The third-order valence-corrected chi connectivity index (χ3v) is 5.22. The summed E-state index contributed by atoms with van der Waals surface area (Å²) in [4.78, 5) is 25.8. The maximum Gasteiger partial charge on any atom is 0.314 e. The fraction of sp³-hybridized carbons (Fsp3) is 0.273. The predicted molar refractivity (Wildman–Crippen MR) is 105 cm³/mol. The van der Waals surface area contributed by atoms with Crippen molar-refractivity contribution >= 4 is 28.5 Å². The molecule has 5 heteroatoms. The van der Waals surface area contributed by atoms with Gasteiger partial charge in [0.1, 0.15) is 5.58 Å². The lowest BCUT2D eigenvalue weighted by molar-refractivity contribution is -0.140. The smallest absolute Gasteiger partial charge is 0.314 e. The molecule has 1 heterocycles. The summed E-state index contributed by atoms with van der Waals surface area (Å²) in [5.41, 5.74) is 0.695. The molecular weight excluding hydrogens is 364 g/mol. The number of rotatable bonds is 3. The van der Waals surface area contributed by atoms with Gasteiger partial charge in [-0.1, -0.05) is 61.2 Å². The van der Waals surface area contributed by atoms with E-state index in [2.05, 4.69) is 0 Å². The lowest BCUT2D eigenvalue weighted by Crippen LogP contribution is -2.25. The number of hydrogen-bond donors (Lipinski definition) is 0. The first-order valence-corrected chi connectivity index (χ1v) is 9.55. The number of benzene rings is 2. The summed E-state index contributed by atoms with van der Waals surface area (Å²) in [6.45, 7) is 0. The first kappa shape index (κ1) is 17.8. The van der Waals surface area contributed by atoms with Crippen molar-refractivity contribution in [2.45, 2.75) is 32.1 Å². The van der Waals surface area contributed by atoms with E-state index in [4.69, 9.17) is 20.8 Å². The molecule has 0 amide bonds. The summed E-state index contributed by atoms with van der Waals surface area (Å²) >= 11 is 6.04. The van der Waals surface area contributed by atoms with Gasteiger partial charge in [-0.2, -0.15) is 0 Å². The second-order valence-electron chi connectivity index (χ2n) is 6.85. The van der Waals surface area contributed by atoms with Crippen molar-refractivity contribution in [3.63, 3.8) is 0 Å². The first-order chi connectivity index (χ1) is 13.1. The predicted octanol–water partition coefficient (Wildman–Crippen LogP) is 5.60. The number of esters is 1. The molecule has 1 fully saturated rings. The molecule has 0 bridgehead atoms. The fourth-order valence-corrected chi connectivity index (χ4v) is 3.72. The molecule has 0 atom stereocenters. The Morgan fingerprint density at radius 3 is 2.52 bits per heavy atom. The van der Waals surface area contributed by atoms with E-state index in [-0.39, 0.29) is 28.8 Å². The van der Waals surface area contributed by atoms with Gasteiger partial charge in [0.05, 0.1) is 11.3 Å². The standard InChI is InChI=1S/C22H19ClO4/c23-16-11-12-18-17(13-16)19(24)21(20(26-18)14-7-3-1-4-8-14)27-22(25)15-9-5-2-6-10-15/h1,3-4,7-8,11-13,15H,2,5-6,9-10H2. The van der Waals surface area contributed by atoms with Gasteiger partial charge >= 0.3 is 5.97 Å². The molecule has 2 aromatic carbocycles. The Hall–Kier alpha value is -2.59. The van der Waals surface area contributed by atoms with Crippen LogP contribution in [0, 0.1) is 5.92 Å². The molecule has 1 saturated carbocycles. The van der Waals surface area contributed by atoms with Crippen LogP contribution in [-0.2, 0) is 4.79 Å². The number of hydrogen-bond acceptors (Lipinski definition) is 4. The van der Waals surface area contributed by atoms with Crippen LogP contribution in [0.5, 0.6) is 5.75 Å². The Bertz CT molecular complexity index is 1030. The average molecular weight is 383 g/mol. The molecular formula is C22H19ClO4. The Morgan fingerprint density at radius 1 is 1.04 bits per heavy atom. The Labute approximate surface area is 161 Å². The number of carbonyl (C=O) groups is 1. The lowest BCUT2D eigenvalue weighted by atomic mass is 9.89. The van der Waals surface area contributed by atoms with Gasteiger partial charge in [-0.15, -0.1) is 0 Å². The Kier molecular flexibility index (Phi) is 4.99. The van der Waals surface area contributed by atoms with Gasteiger partial charge in [0.25, 0.3) is 0 Å². The highest BCUT2D eigenvalue weighted by Gasteiger charge is 2.27. The van der Waals surface area contributed by atoms with Crippen LogP contribution in [-0.4, -0.2) is 5.97 Å². The summed E-state index contributed by atoms with van der Waals surface area (Å²) in [6.07, 6.45) is 4.74. The second kappa shape index (κ2) is 7.57. The fourth-order valence-electron chi connectivity index (χ4n) is 3.54. The molecule has 0 aliphatic heterocycles. The summed E-state index contributed by atoms with van der Waals surface area (Å²) in [6, 6.07) is 14.0. The number of halogens is 1. The van der Waals surface area contributed by atoms with E-state index in [0.717, 1.165) is 32.1 Å². The van der Waals surface area contributed by atoms with Crippen molar-refractivity contribution in [1.82, 2.24) is 0 Å². The van der Waals surface area contributed by atoms with Crippen LogP contribution in [0.4, 0.5) is 0 Å². The molecule has 0 N–H and O–H groups in total. The summed E-state index contributed by atoms with van der Waals surface area (Å²) in [5.74, 6) is -0.330. The van der Waals surface area contributed by atoms with Crippen molar-refractivity contribution in [3.8, 4) is 17.1 Å².